The molecule has 0 aliphatic carbocycles. The molecule has 2 rings (SSSR count). The van der Waals surface area contributed by atoms with E-state index in [4.69, 9.17) is 21.1 Å². The van der Waals surface area contributed by atoms with Crippen LogP contribution in [0.25, 0.3) is 0 Å². The Labute approximate surface area is 157 Å². The van der Waals surface area contributed by atoms with Crippen LogP contribution in [0, 0.1) is 22.7 Å². The van der Waals surface area contributed by atoms with E-state index >= 15 is 0 Å². The number of anilines is 1. The van der Waals surface area contributed by atoms with Gasteiger partial charge in [-0.15, -0.1) is 0 Å². The van der Waals surface area contributed by atoms with E-state index in [0.29, 0.717) is 43.8 Å². The molecule has 1 aromatic rings. The van der Waals surface area contributed by atoms with Gasteiger partial charge in [-0.05, 0) is 31.9 Å². The summed E-state index contributed by atoms with van der Waals surface area (Å²) in [6.07, 6.45) is 1.41. The van der Waals surface area contributed by atoms with Crippen molar-refractivity contribution in [3.05, 3.63) is 29.8 Å². The lowest BCUT2D eigenvalue weighted by Gasteiger charge is -2.32. The standard InChI is InChI=1S/C18H22N6O3/c1-2-27-18(26)12-6-5-9-24(11-12)17(25)13-7-3-4-8-14(13)22-23-15(10-19)16(20)21/h3-4,7-8,12,22H,2,5-6,9,11H2,1H3,(H3,20,21)/b23-15+. The quantitative estimate of drug-likeness (QED) is 0.298. The van der Waals surface area contributed by atoms with Crippen molar-refractivity contribution in [2.24, 2.45) is 16.8 Å². The number of nitrogens with zero attached hydrogens (tertiary/aromatic N) is 3. The highest BCUT2D eigenvalue weighted by molar-refractivity contribution is 6.45. The Balaban J connectivity index is 2.18. The minimum atomic E-state index is -0.470. The predicted octanol–water partition coefficient (Wildman–Crippen LogP) is 1.33. The Morgan fingerprint density at radius 1 is 1.48 bits per heavy atom. The number of nitriles is 1. The number of carbonyl (C=O) groups is 2. The molecule has 9 nitrogen and oxygen atoms in total. The monoisotopic (exact) mass is 370 g/mol. The summed E-state index contributed by atoms with van der Waals surface area (Å²) in [6, 6.07) is 8.40. The fraction of sp³-hybridized carbons (Fsp3) is 0.389. The van der Waals surface area contributed by atoms with E-state index in [1.165, 1.54) is 0 Å². The number of esters is 1. The van der Waals surface area contributed by atoms with Crippen LogP contribution in [0.2, 0.25) is 0 Å². The smallest absolute Gasteiger partial charge is 0.310 e. The number of likely N-dealkylation sites (tertiary alicyclic amines) is 1. The molecular formula is C18H22N6O3. The number of nitrogens with two attached hydrogens (primary N) is 1. The van der Waals surface area contributed by atoms with Crippen LogP contribution in [0.5, 0.6) is 0 Å². The van der Waals surface area contributed by atoms with Crippen LogP contribution in [0.3, 0.4) is 0 Å². The number of hydrazone groups is 1. The summed E-state index contributed by atoms with van der Waals surface area (Å²) in [4.78, 5) is 26.6. The van der Waals surface area contributed by atoms with E-state index in [1.807, 2.05) is 0 Å². The van der Waals surface area contributed by atoms with E-state index in [9.17, 15) is 9.59 Å². The number of hydrogen-bond acceptors (Lipinski definition) is 7. The number of nitrogens with one attached hydrogen (secondary N) is 2. The molecule has 0 radical (unpaired) electrons. The van der Waals surface area contributed by atoms with Crippen molar-refractivity contribution < 1.29 is 14.3 Å². The molecule has 0 aromatic heterocycles. The van der Waals surface area contributed by atoms with Gasteiger partial charge in [0, 0.05) is 13.1 Å². The minimum absolute atomic E-state index is 0.247. The van der Waals surface area contributed by atoms with E-state index < -0.39 is 5.84 Å². The van der Waals surface area contributed by atoms with Crippen LogP contribution < -0.4 is 11.2 Å². The summed E-state index contributed by atoms with van der Waals surface area (Å²) in [5.41, 5.74) is 8.35. The van der Waals surface area contributed by atoms with Crippen molar-refractivity contribution in [1.29, 1.82) is 10.7 Å². The molecule has 1 heterocycles. The van der Waals surface area contributed by atoms with Crippen LogP contribution >= 0.6 is 0 Å². The van der Waals surface area contributed by atoms with Crippen LogP contribution in [-0.4, -0.2) is 48.0 Å². The highest BCUT2D eigenvalue weighted by Gasteiger charge is 2.30. The van der Waals surface area contributed by atoms with E-state index in [2.05, 4.69) is 10.5 Å². The highest BCUT2D eigenvalue weighted by atomic mass is 16.5. The number of carbonyl (C=O) groups excluding carboxylic acids is 2. The molecule has 1 atom stereocenters. The van der Waals surface area contributed by atoms with Crippen molar-refractivity contribution in [1.82, 2.24) is 4.90 Å². The summed E-state index contributed by atoms with van der Waals surface area (Å²) in [5, 5.41) is 20.0. The fourth-order valence-corrected chi connectivity index (χ4v) is 2.81. The van der Waals surface area contributed by atoms with E-state index in [1.54, 1.807) is 42.2 Å². The highest BCUT2D eigenvalue weighted by Crippen LogP contribution is 2.23. The zero-order valence-electron chi connectivity index (χ0n) is 15.1. The van der Waals surface area contributed by atoms with Gasteiger partial charge in [0.2, 0.25) is 5.71 Å². The molecule has 0 bridgehead atoms. The Morgan fingerprint density at radius 2 is 2.22 bits per heavy atom. The average molecular weight is 370 g/mol. The van der Waals surface area contributed by atoms with Crippen molar-refractivity contribution in [2.45, 2.75) is 19.8 Å². The molecule has 0 spiro atoms. The van der Waals surface area contributed by atoms with Crippen LogP contribution in [0.1, 0.15) is 30.1 Å². The molecule has 0 saturated carbocycles. The van der Waals surface area contributed by atoms with Crippen molar-refractivity contribution in [3.8, 4) is 6.07 Å². The topological polar surface area (TPSA) is 145 Å². The first-order valence-electron chi connectivity index (χ1n) is 8.61. The molecule has 1 unspecified atom stereocenters. The first-order chi connectivity index (χ1) is 13.0. The minimum Gasteiger partial charge on any atom is -0.466 e. The van der Waals surface area contributed by atoms with Gasteiger partial charge in [0.05, 0.1) is 23.8 Å². The lowest BCUT2D eigenvalue weighted by molar-refractivity contribution is -0.149. The largest absolute Gasteiger partial charge is 0.466 e. The zero-order chi connectivity index (χ0) is 19.8. The Morgan fingerprint density at radius 3 is 2.89 bits per heavy atom. The molecule has 1 aromatic carbocycles. The average Bonchev–Trinajstić information content (AvgIpc) is 2.68. The summed E-state index contributed by atoms with van der Waals surface area (Å²) < 4.78 is 5.07. The number of amidine groups is 1. The summed E-state index contributed by atoms with van der Waals surface area (Å²) >= 11 is 0. The number of ether oxygens (including phenoxy) is 1. The second-order valence-corrected chi connectivity index (χ2v) is 5.99. The molecule has 1 aliphatic heterocycles. The number of benzene rings is 1. The van der Waals surface area contributed by atoms with Gasteiger partial charge >= 0.3 is 5.97 Å². The molecule has 9 heteroatoms. The number of rotatable bonds is 6. The molecule has 1 saturated heterocycles. The van der Waals surface area contributed by atoms with Gasteiger partial charge in [-0.2, -0.15) is 10.4 Å². The SMILES string of the molecule is CCOC(=O)C1CCCN(C(=O)c2ccccc2N/N=C(\C#N)C(=N)N)C1. The Hall–Kier alpha value is -3.41. The normalized spacial score (nSPS) is 17.0. The van der Waals surface area contributed by atoms with Gasteiger partial charge < -0.3 is 15.4 Å². The molecule has 1 amide bonds. The molecular weight excluding hydrogens is 348 g/mol. The van der Waals surface area contributed by atoms with E-state index in [0.717, 1.165) is 0 Å². The first kappa shape index (κ1) is 19.9. The Kier molecular flexibility index (Phi) is 6.88. The van der Waals surface area contributed by atoms with Crippen LogP contribution in [0.4, 0.5) is 5.69 Å². The van der Waals surface area contributed by atoms with Gasteiger partial charge in [0.1, 0.15) is 6.07 Å². The van der Waals surface area contributed by atoms with Gasteiger partial charge in [0.15, 0.2) is 5.84 Å². The third-order valence-corrected chi connectivity index (χ3v) is 4.14. The predicted molar refractivity (Wildman–Crippen MR) is 100 cm³/mol. The number of hydrogen-bond donors (Lipinski definition) is 3. The van der Waals surface area contributed by atoms with Crippen molar-refractivity contribution in [2.75, 3.05) is 25.1 Å². The number of amides is 1. The summed E-state index contributed by atoms with van der Waals surface area (Å²) in [7, 11) is 0. The molecule has 4 N–H and O–H groups in total. The Bertz CT molecular complexity index is 799. The van der Waals surface area contributed by atoms with Gasteiger partial charge in [-0.3, -0.25) is 20.4 Å². The van der Waals surface area contributed by atoms with Crippen molar-refractivity contribution in [3.63, 3.8) is 0 Å². The third kappa shape index (κ3) is 5.04. The van der Waals surface area contributed by atoms with Crippen LogP contribution in [0.15, 0.2) is 29.4 Å². The second kappa shape index (κ2) is 9.33. The first-order valence-corrected chi connectivity index (χ1v) is 8.61. The molecule has 142 valence electrons. The maximum absolute atomic E-state index is 12.9. The lowest BCUT2D eigenvalue weighted by atomic mass is 9.97. The van der Waals surface area contributed by atoms with Gasteiger partial charge in [-0.1, -0.05) is 12.1 Å². The van der Waals surface area contributed by atoms with Crippen molar-refractivity contribution >= 4 is 29.1 Å². The molecule has 1 fully saturated rings. The number of para-hydroxylation sites is 1. The summed E-state index contributed by atoms with van der Waals surface area (Å²) in [6.45, 7) is 2.91. The van der Waals surface area contributed by atoms with Gasteiger partial charge in [0.25, 0.3) is 5.91 Å². The van der Waals surface area contributed by atoms with Gasteiger partial charge in [-0.25, -0.2) is 0 Å². The number of piperidine rings is 1. The maximum atomic E-state index is 12.9. The van der Waals surface area contributed by atoms with E-state index in [-0.39, 0.29) is 23.5 Å². The summed E-state index contributed by atoms with van der Waals surface area (Å²) in [5.74, 6) is -1.33. The zero-order valence-corrected chi connectivity index (χ0v) is 15.1. The lowest BCUT2D eigenvalue weighted by Crippen LogP contribution is -2.43. The second-order valence-electron chi connectivity index (χ2n) is 5.99. The molecule has 1 aliphatic rings. The van der Waals surface area contributed by atoms with Crippen LogP contribution in [-0.2, 0) is 9.53 Å². The third-order valence-electron chi connectivity index (χ3n) is 4.14. The molecule has 27 heavy (non-hydrogen) atoms. The fourth-order valence-electron chi connectivity index (χ4n) is 2.81. The maximum Gasteiger partial charge on any atom is 0.310 e.